The molecule has 0 amide bonds. The molecular weight excluding hydrogens is 410 g/mol. The Morgan fingerprint density at radius 1 is 0.758 bits per heavy atom. The first kappa shape index (κ1) is 25.2. The van der Waals surface area contributed by atoms with Crippen LogP contribution in [0, 0.1) is 17.8 Å². The van der Waals surface area contributed by atoms with Crippen LogP contribution in [0.15, 0.2) is 54.4 Å². The molecule has 33 heavy (non-hydrogen) atoms. The Labute approximate surface area is 199 Å². The van der Waals surface area contributed by atoms with Crippen LogP contribution in [0.2, 0.25) is 0 Å². The topological polar surface area (TPSA) is 0 Å². The molecular formula is C31H38F2. The van der Waals surface area contributed by atoms with Crippen molar-refractivity contribution in [2.75, 3.05) is 0 Å². The van der Waals surface area contributed by atoms with Crippen LogP contribution in [-0.2, 0) is 0 Å². The van der Waals surface area contributed by atoms with Crippen molar-refractivity contribution in [3.05, 3.63) is 76.6 Å². The maximum atomic E-state index is 14.2. The molecule has 176 valence electrons. The minimum Gasteiger partial charge on any atom is -0.209 e. The van der Waals surface area contributed by atoms with Gasteiger partial charge in [-0.2, -0.15) is 0 Å². The molecule has 0 radical (unpaired) electrons. The lowest BCUT2D eigenvalue weighted by Crippen LogP contribution is -2.13. The molecule has 0 nitrogen and oxygen atoms in total. The monoisotopic (exact) mass is 448 g/mol. The normalized spacial score (nSPS) is 18.9. The van der Waals surface area contributed by atoms with Gasteiger partial charge in [-0.15, -0.1) is 0 Å². The molecule has 0 heterocycles. The lowest BCUT2D eigenvalue weighted by molar-refractivity contribution is 0.303. The van der Waals surface area contributed by atoms with E-state index in [4.69, 9.17) is 0 Å². The summed E-state index contributed by atoms with van der Waals surface area (Å²) in [6, 6.07) is 15.4. The summed E-state index contributed by atoms with van der Waals surface area (Å²) >= 11 is 0. The molecule has 0 aromatic heterocycles. The van der Waals surface area contributed by atoms with Crippen molar-refractivity contribution >= 4 is 5.83 Å². The summed E-state index contributed by atoms with van der Waals surface area (Å²) in [5.74, 6) is 6.53. The van der Waals surface area contributed by atoms with Gasteiger partial charge in [0, 0.05) is 23.1 Å². The summed E-state index contributed by atoms with van der Waals surface area (Å²) < 4.78 is 28.1. The van der Waals surface area contributed by atoms with E-state index in [2.05, 4.69) is 43.0 Å². The lowest BCUT2D eigenvalue weighted by atomic mass is 9.77. The van der Waals surface area contributed by atoms with E-state index in [0.717, 1.165) is 23.5 Å². The van der Waals surface area contributed by atoms with Crippen LogP contribution in [0.1, 0.15) is 113 Å². The van der Waals surface area contributed by atoms with E-state index in [1.165, 1.54) is 56.9 Å². The summed E-state index contributed by atoms with van der Waals surface area (Å²) in [6.07, 6.45) is 12.5. The van der Waals surface area contributed by atoms with Crippen LogP contribution in [0.25, 0.3) is 5.83 Å². The second-order valence-electron chi connectivity index (χ2n) is 9.49. The molecule has 0 unspecified atom stereocenters. The molecule has 0 spiro atoms. The third-order valence-corrected chi connectivity index (χ3v) is 6.92. The Kier molecular flexibility index (Phi) is 10.2. The standard InChI is InChI=1S/C31H38F2/c1-3-5-7-8-24-12-18-27(19-13-24)28-20-14-25(15-21-28)10-11-26-16-22-29(23-17-26)31(33)30(32)9-6-4-2/h14-17,20-24,27H,3-9,12-13,18-19H2,1-2H3/b31-30-. The van der Waals surface area contributed by atoms with Crippen LogP contribution >= 0.6 is 0 Å². The molecule has 0 saturated heterocycles. The molecule has 1 fully saturated rings. The molecule has 2 aromatic rings. The summed E-state index contributed by atoms with van der Waals surface area (Å²) in [7, 11) is 0. The highest BCUT2D eigenvalue weighted by Gasteiger charge is 2.21. The van der Waals surface area contributed by atoms with Gasteiger partial charge >= 0.3 is 0 Å². The Morgan fingerprint density at radius 3 is 1.91 bits per heavy atom. The number of halogens is 2. The zero-order valence-corrected chi connectivity index (χ0v) is 20.3. The van der Waals surface area contributed by atoms with E-state index in [9.17, 15) is 8.78 Å². The Balaban J connectivity index is 1.54. The van der Waals surface area contributed by atoms with E-state index < -0.39 is 11.7 Å². The van der Waals surface area contributed by atoms with E-state index in [0.29, 0.717) is 12.3 Å². The number of allylic oxidation sites excluding steroid dienone is 1. The van der Waals surface area contributed by atoms with Gasteiger partial charge in [0.15, 0.2) is 5.83 Å². The second kappa shape index (κ2) is 13.3. The van der Waals surface area contributed by atoms with Gasteiger partial charge in [0.25, 0.3) is 0 Å². The fourth-order valence-electron chi connectivity index (χ4n) is 4.75. The van der Waals surface area contributed by atoms with Crippen LogP contribution in [0.4, 0.5) is 8.78 Å². The average Bonchev–Trinajstić information content (AvgIpc) is 2.87. The van der Waals surface area contributed by atoms with E-state index in [-0.39, 0.29) is 12.0 Å². The Morgan fingerprint density at radius 2 is 1.33 bits per heavy atom. The molecule has 0 N–H and O–H groups in total. The zero-order valence-electron chi connectivity index (χ0n) is 20.3. The second-order valence-corrected chi connectivity index (χ2v) is 9.49. The van der Waals surface area contributed by atoms with Gasteiger partial charge in [-0.1, -0.05) is 82.1 Å². The van der Waals surface area contributed by atoms with Crippen molar-refractivity contribution < 1.29 is 8.78 Å². The molecule has 2 heteroatoms. The molecule has 1 aliphatic rings. The molecule has 1 saturated carbocycles. The molecule has 0 aliphatic heterocycles. The molecule has 3 rings (SSSR count). The molecule has 2 aromatic carbocycles. The smallest absolute Gasteiger partial charge is 0.161 e. The summed E-state index contributed by atoms with van der Waals surface area (Å²) in [4.78, 5) is 0. The van der Waals surface area contributed by atoms with Crippen molar-refractivity contribution in [3.8, 4) is 11.8 Å². The van der Waals surface area contributed by atoms with E-state index in [1.807, 2.05) is 6.92 Å². The first-order valence-electron chi connectivity index (χ1n) is 12.9. The minimum atomic E-state index is -0.756. The van der Waals surface area contributed by atoms with E-state index in [1.54, 1.807) is 24.3 Å². The van der Waals surface area contributed by atoms with Crippen LogP contribution < -0.4 is 0 Å². The predicted molar refractivity (Wildman–Crippen MR) is 136 cm³/mol. The fourth-order valence-corrected chi connectivity index (χ4v) is 4.75. The van der Waals surface area contributed by atoms with Gasteiger partial charge < -0.3 is 0 Å². The van der Waals surface area contributed by atoms with Gasteiger partial charge in [0.1, 0.15) is 5.83 Å². The first-order valence-corrected chi connectivity index (χ1v) is 12.9. The maximum Gasteiger partial charge on any atom is 0.161 e. The van der Waals surface area contributed by atoms with Crippen molar-refractivity contribution in [2.45, 2.75) is 90.4 Å². The zero-order chi connectivity index (χ0) is 23.5. The van der Waals surface area contributed by atoms with Crippen LogP contribution in [0.3, 0.4) is 0 Å². The lowest BCUT2D eigenvalue weighted by Gasteiger charge is -2.29. The highest BCUT2D eigenvalue weighted by molar-refractivity contribution is 5.62. The Hall–Kier alpha value is -2.40. The van der Waals surface area contributed by atoms with Crippen LogP contribution in [-0.4, -0.2) is 0 Å². The predicted octanol–water partition coefficient (Wildman–Crippen LogP) is 9.74. The van der Waals surface area contributed by atoms with Crippen molar-refractivity contribution in [1.29, 1.82) is 0 Å². The molecule has 0 bridgehead atoms. The van der Waals surface area contributed by atoms with Gasteiger partial charge in [-0.25, -0.2) is 8.78 Å². The van der Waals surface area contributed by atoms with Crippen LogP contribution in [0.5, 0.6) is 0 Å². The molecule has 0 atom stereocenters. The number of benzene rings is 2. The highest BCUT2D eigenvalue weighted by atomic mass is 19.2. The SMILES string of the molecule is CCCCCC1CCC(c2ccc(C#Cc3ccc(/C(F)=C(/F)CCCC)cc3)cc2)CC1. The van der Waals surface area contributed by atoms with Crippen molar-refractivity contribution in [2.24, 2.45) is 5.92 Å². The van der Waals surface area contributed by atoms with Gasteiger partial charge in [0.05, 0.1) is 0 Å². The third kappa shape index (κ3) is 7.85. The third-order valence-electron chi connectivity index (χ3n) is 6.92. The van der Waals surface area contributed by atoms with E-state index >= 15 is 0 Å². The number of unbranched alkanes of at least 4 members (excludes halogenated alkanes) is 3. The summed E-state index contributed by atoms with van der Waals surface area (Å²) in [5.41, 5.74) is 3.49. The maximum absolute atomic E-state index is 14.2. The summed E-state index contributed by atoms with van der Waals surface area (Å²) in [6.45, 7) is 4.24. The highest BCUT2D eigenvalue weighted by Crippen LogP contribution is 2.37. The Bertz CT molecular complexity index is 933. The molecule has 1 aliphatic carbocycles. The largest absolute Gasteiger partial charge is 0.209 e. The number of rotatable bonds is 9. The van der Waals surface area contributed by atoms with Gasteiger partial charge in [0.2, 0.25) is 0 Å². The number of hydrogen-bond donors (Lipinski definition) is 0. The summed E-state index contributed by atoms with van der Waals surface area (Å²) in [5, 5.41) is 0. The first-order chi connectivity index (χ1) is 16.1. The minimum absolute atomic E-state index is 0.153. The van der Waals surface area contributed by atoms with Gasteiger partial charge in [-0.3, -0.25) is 0 Å². The fraction of sp³-hybridized carbons (Fsp3) is 0.484. The van der Waals surface area contributed by atoms with Crippen molar-refractivity contribution in [1.82, 2.24) is 0 Å². The average molecular weight is 449 g/mol. The number of hydrogen-bond acceptors (Lipinski definition) is 0. The quantitative estimate of drug-likeness (QED) is 0.264. The van der Waals surface area contributed by atoms with Crippen molar-refractivity contribution in [3.63, 3.8) is 0 Å². The van der Waals surface area contributed by atoms with Gasteiger partial charge in [-0.05, 0) is 73.8 Å².